The highest BCUT2D eigenvalue weighted by atomic mass is 32.1. The summed E-state index contributed by atoms with van der Waals surface area (Å²) in [6.45, 7) is 5.02. The lowest BCUT2D eigenvalue weighted by atomic mass is 9.95. The molecule has 0 bridgehead atoms. The minimum Gasteiger partial charge on any atom is -0.503 e. The van der Waals surface area contributed by atoms with Crippen molar-refractivity contribution in [1.29, 1.82) is 0 Å². The number of fused-ring (bicyclic) bond motifs is 1. The second kappa shape index (κ2) is 13.6. The molecule has 3 aliphatic rings. The number of halogens is 1. The van der Waals surface area contributed by atoms with Crippen molar-refractivity contribution in [2.24, 2.45) is 5.92 Å². The monoisotopic (exact) mass is 595 g/mol. The maximum atomic E-state index is 13.5. The van der Waals surface area contributed by atoms with Crippen LogP contribution in [0.3, 0.4) is 0 Å². The van der Waals surface area contributed by atoms with E-state index in [2.05, 4.69) is 27.9 Å². The minimum absolute atomic E-state index is 0.131. The Hall–Kier alpha value is -3.59. The maximum absolute atomic E-state index is 13.5. The van der Waals surface area contributed by atoms with Crippen molar-refractivity contribution in [1.82, 2.24) is 24.6 Å². The van der Waals surface area contributed by atoms with Gasteiger partial charge in [0.25, 0.3) is 5.91 Å². The first kappa shape index (κ1) is 31.3. The number of aromatic hydroxyl groups is 1. The summed E-state index contributed by atoms with van der Waals surface area (Å²) in [4.78, 5) is 30.2. The van der Waals surface area contributed by atoms with E-state index in [1.807, 2.05) is 20.9 Å². The number of likely N-dealkylation sites (tertiary alicyclic amines) is 1. The van der Waals surface area contributed by atoms with Gasteiger partial charge in [-0.15, -0.1) is 23.0 Å². The molecule has 4 heterocycles. The fraction of sp³-hybridized carbons (Fsp3) is 0.484. The third-order valence-electron chi connectivity index (χ3n) is 7.89. The number of hydrogen-bond acceptors (Lipinski definition) is 8. The summed E-state index contributed by atoms with van der Waals surface area (Å²) in [6.07, 6.45) is 15.4. The van der Waals surface area contributed by atoms with E-state index in [-0.39, 0.29) is 35.1 Å². The van der Waals surface area contributed by atoms with Crippen LogP contribution in [0.15, 0.2) is 35.3 Å². The lowest BCUT2D eigenvalue weighted by molar-refractivity contribution is -0.0614. The molecule has 0 radical (unpaired) electrons. The predicted octanol–water partition coefficient (Wildman–Crippen LogP) is 4.12. The Bertz CT molecular complexity index is 1470. The smallest absolute Gasteiger partial charge is 0.276 e. The molecule has 9 nitrogen and oxygen atoms in total. The lowest BCUT2D eigenvalue weighted by Crippen LogP contribution is -2.56. The molecule has 2 N–H and O–H groups in total. The molecule has 4 atom stereocenters. The molecule has 2 aromatic heterocycles. The van der Waals surface area contributed by atoms with Gasteiger partial charge in [0.1, 0.15) is 17.1 Å². The first-order valence-electron chi connectivity index (χ1n) is 14.2. The predicted molar refractivity (Wildman–Crippen MR) is 161 cm³/mol. The van der Waals surface area contributed by atoms with Crippen molar-refractivity contribution in [3.63, 3.8) is 0 Å². The van der Waals surface area contributed by atoms with Gasteiger partial charge in [-0.25, -0.2) is 4.39 Å². The fourth-order valence-corrected chi connectivity index (χ4v) is 6.39. The van der Waals surface area contributed by atoms with Crippen LogP contribution in [0.5, 0.6) is 5.75 Å². The molecule has 1 aromatic carbocycles. The summed E-state index contributed by atoms with van der Waals surface area (Å²) >= 11 is 1.20. The second-order valence-electron chi connectivity index (χ2n) is 11.1. The van der Waals surface area contributed by atoms with Crippen LogP contribution in [0.2, 0.25) is 0 Å². The minimum atomic E-state index is -1.05. The van der Waals surface area contributed by atoms with Crippen LogP contribution < -0.4 is 5.43 Å². The van der Waals surface area contributed by atoms with Gasteiger partial charge in [0.05, 0.1) is 5.56 Å². The molecule has 0 spiro atoms. The van der Waals surface area contributed by atoms with E-state index in [0.717, 1.165) is 24.9 Å². The molecule has 6 rings (SSSR count). The van der Waals surface area contributed by atoms with Gasteiger partial charge in [-0.2, -0.15) is 0 Å². The molecular weight excluding hydrogens is 557 g/mol. The van der Waals surface area contributed by atoms with Crippen molar-refractivity contribution in [2.45, 2.75) is 77.2 Å². The normalized spacial score (nSPS) is 20.9. The number of carbonyl (C=O) groups excluding carboxylic acids is 1. The van der Waals surface area contributed by atoms with Gasteiger partial charge >= 0.3 is 0 Å². The molecule has 3 aromatic rings. The Kier molecular flexibility index (Phi) is 10.1. The summed E-state index contributed by atoms with van der Waals surface area (Å²) in [6, 6.07) is 5.86. The van der Waals surface area contributed by atoms with Crippen molar-refractivity contribution < 1.29 is 19.4 Å². The summed E-state index contributed by atoms with van der Waals surface area (Å²) in [5.74, 6) is -1.75. The lowest BCUT2D eigenvalue weighted by Gasteiger charge is -2.42. The van der Waals surface area contributed by atoms with Crippen molar-refractivity contribution in [2.75, 3.05) is 13.6 Å². The average Bonchev–Trinajstić information content (AvgIpc) is 3.69. The Balaban J connectivity index is 0.000000747. The SMILES string of the molecule is C#C.C1CC1.CC(C1CCCN1C)C(O)N1C(=O)c2c(O)c(=O)c(-c3nnc(Cc4ccc(F)cc4)s3)cn2CC1C. The molecule has 2 fully saturated rings. The van der Waals surface area contributed by atoms with E-state index in [0.29, 0.717) is 23.0 Å². The van der Waals surface area contributed by atoms with Crippen LogP contribution in [0, 0.1) is 24.6 Å². The van der Waals surface area contributed by atoms with Crippen LogP contribution in [0.25, 0.3) is 10.6 Å². The highest BCUT2D eigenvalue weighted by Crippen LogP contribution is 2.33. The Labute approximate surface area is 249 Å². The number of hydrogen-bond donors (Lipinski definition) is 2. The molecule has 1 saturated carbocycles. The third-order valence-corrected chi connectivity index (χ3v) is 8.84. The first-order valence-corrected chi connectivity index (χ1v) is 15.0. The molecule has 1 saturated heterocycles. The summed E-state index contributed by atoms with van der Waals surface area (Å²) in [7, 11) is 2.02. The quantitative estimate of drug-likeness (QED) is 0.413. The Morgan fingerprint density at radius 3 is 2.38 bits per heavy atom. The van der Waals surface area contributed by atoms with E-state index in [1.165, 1.54) is 53.8 Å². The first-order chi connectivity index (χ1) is 20.2. The van der Waals surface area contributed by atoms with Crippen molar-refractivity contribution in [3.05, 3.63) is 62.8 Å². The molecule has 224 valence electrons. The number of amides is 1. The van der Waals surface area contributed by atoms with Crippen LogP contribution >= 0.6 is 11.3 Å². The van der Waals surface area contributed by atoms with Gasteiger partial charge in [0, 0.05) is 37.2 Å². The fourth-order valence-electron chi connectivity index (χ4n) is 5.51. The van der Waals surface area contributed by atoms with Crippen molar-refractivity contribution in [3.8, 4) is 29.2 Å². The molecule has 2 aliphatic heterocycles. The number of pyridine rings is 1. The number of rotatable bonds is 6. The van der Waals surface area contributed by atoms with Gasteiger partial charge in [-0.3, -0.25) is 9.59 Å². The zero-order valence-corrected chi connectivity index (χ0v) is 25.1. The van der Waals surface area contributed by atoms with E-state index >= 15 is 0 Å². The second-order valence-corrected chi connectivity index (χ2v) is 12.2. The summed E-state index contributed by atoms with van der Waals surface area (Å²) in [5.41, 5.74) is 0.162. The van der Waals surface area contributed by atoms with Crippen LogP contribution in [0.1, 0.15) is 67.0 Å². The van der Waals surface area contributed by atoms with Gasteiger partial charge < -0.3 is 24.6 Å². The number of nitrogens with zero attached hydrogens (tertiary/aromatic N) is 5. The van der Waals surface area contributed by atoms with E-state index in [9.17, 15) is 24.2 Å². The highest BCUT2D eigenvalue weighted by molar-refractivity contribution is 7.14. The third kappa shape index (κ3) is 6.72. The topological polar surface area (TPSA) is 112 Å². The van der Waals surface area contributed by atoms with Crippen LogP contribution in [0.4, 0.5) is 4.39 Å². The van der Waals surface area contributed by atoms with Crippen molar-refractivity contribution >= 4 is 17.2 Å². The zero-order valence-electron chi connectivity index (χ0n) is 24.2. The Morgan fingerprint density at radius 2 is 1.79 bits per heavy atom. The van der Waals surface area contributed by atoms with Gasteiger partial charge in [-0.05, 0) is 51.1 Å². The number of benzene rings is 1. The van der Waals surface area contributed by atoms with Gasteiger partial charge in [0.2, 0.25) is 5.43 Å². The van der Waals surface area contributed by atoms with Crippen LogP contribution in [-0.4, -0.2) is 72.6 Å². The summed E-state index contributed by atoms with van der Waals surface area (Å²) in [5, 5.41) is 31.3. The number of aliphatic hydroxyl groups excluding tert-OH is 1. The van der Waals surface area contributed by atoms with Gasteiger partial charge in [-0.1, -0.05) is 49.7 Å². The number of carbonyl (C=O) groups is 1. The maximum Gasteiger partial charge on any atom is 0.276 e. The van der Waals surface area contributed by atoms with E-state index in [4.69, 9.17) is 0 Å². The average molecular weight is 596 g/mol. The molecule has 1 aliphatic carbocycles. The zero-order chi connectivity index (χ0) is 30.6. The highest BCUT2D eigenvalue weighted by Gasteiger charge is 2.42. The number of terminal acetylenes is 1. The molecule has 4 unspecified atom stereocenters. The number of aromatic nitrogens is 3. The summed E-state index contributed by atoms with van der Waals surface area (Å²) < 4.78 is 14.8. The molecular formula is C31H38FN5O4S. The largest absolute Gasteiger partial charge is 0.503 e. The Morgan fingerprint density at radius 1 is 1.12 bits per heavy atom. The standard InChI is InChI=1S/C26H30FN5O4S.C3H6.C2H2/c1-14-12-31-13-18(24-29-28-20(37-24)11-16-6-8-17(27)9-7-16)22(33)23(34)21(31)26(36)32(14)25(35)15(2)19-5-4-10-30(19)3;1-2-3-1;1-2/h6-9,13-15,19,25,34-35H,4-5,10-12H2,1-3H3;1-3H2;1-2H. The van der Waals surface area contributed by atoms with Crippen LogP contribution in [-0.2, 0) is 13.0 Å². The molecule has 1 amide bonds. The van der Waals surface area contributed by atoms with Gasteiger partial charge in [0.15, 0.2) is 16.5 Å². The van der Waals surface area contributed by atoms with E-state index in [1.54, 1.807) is 16.7 Å². The molecule has 11 heteroatoms. The van der Waals surface area contributed by atoms with E-state index < -0.39 is 23.3 Å². The molecule has 42 heavy (non-hydrogen) atoms. The number of aliphatic hydroxyl groups is 1.